The molecule has 0 aromatic heterocycles. The first kappa shape index (κ1) is 8.40. The van der Waals surface area contributed by atoms with Crippen molar-refractivity contribution in [1.29, 1.82) is 0 Å². The Morgan fingerprint density at radius 2 is 2.22 bits per heavy atom. The maximum atomic E-state index is 9.89. The van der Waals surface area contributed by atoms with E-state index in [1.807, 2.05) is 13.8 Å². The van der Waals surface area contributed by atoms with E-state index < -0.39 is 0 Å². The molecule has 1 atom stereocenters. The lowest BCUT2D eigenvalue weighted by molar-refractivity contribution is -0.487. The third-order valence-electron chi connectivity index (χ3n) is 1.24. The topological polar surface area (TPSA) is 43.1 Å². The molecule has 0 rings (SSSR count). The zero-order valence-corrected chi connectivity index (χ0v) is 5.96. The van der Waals surface area contributed by atoms with Crippen molar-refractivity contribution in [2.24, 2.45) is 5.92 Å². The molecule has 0 aliphatic carbocycles. The summed E-state index contributed by atoms with van der Waals surface area (Å²) >= 11 is 0. The van der Waals surface area contributed by atoms with Crippen molar-refractivity contribution in [1.82, 2.24) is 0 Å². The van der Waals surface area contributed by atoms with Gasteiger partial charge in [-0.25, -0.2) is 0 Å². The van der Waals surface area contributed by atoms with E-state index >= 15 is 0 Å². The second kappa shape index (κ2) is 4.30. The van der Waals surface area contributed by atoms with Crippen molar-refractivity contribution in [2.45, 2.75) is 26.7 Å². The lowest BCUT2D eigenvalue weighted by Crippen LogP contribution is -2.10. The Bertz CT molecular complexity index is 93.1. The van der Waals surface area contributed by atoms with Gasteiger partial charge in [0.05, 0.1) is 0 Å². The van der Waals surface area contributed by atoms with Crippen LogP contribution < -0.4 is 0 Å². The van der Waals surface area contributed by atoms with E-state index in [0.717, 1.165) is 12.8 Å². The van der Waals surface area contributed by atoms with Gasteiger partial charge in [-0.05, 0) is 6.42 Å². The Hall–Kier alpha value is -0.600. The van der Waals surface area contributed by atoms with Gasteiger partial charge in [0.1, 0.15) is 0 Å². The van der Waals surface area contributed by atoms with Crippen LogP contribution in [0.2, 0.25) is 0 Å². The van der Waals surface area contributed by atoms with E-state index in [-0.39, 0.29) is 17.4 Å². The Kier molecular flexibility index (Phi) is 4.01. The van der Waals surface area contributed by atoms with E-state index in [0.29, 0.717) is 0 Å². The molecule has 0 fully saturated rings. The normalized spacial score (nSPS) is 13.1. The van der Waals surface area contributed by atoms with Crippen LogP contribution in [0.15, 0.2) is 0 Å². The Morgan fingerprint density at radius 1 is 1.67 bits per heavy atom. The fourth-order valence-corrected chi connectivity index (χ4v) is 0.839. The van der Waals surface area contributed by atoms with Crippen LogP contribution in [0.1, 0.15) is 26.7 Å². The zero-order valence-electron chi connectivity index (χ0n) is 5.96. The first-order valence-electron chi connectivity index (χ1n) is 3.28. The summed E-state index contributed by atoms with van der Waals surface area (Å²) in [4.78, 5) is 9.64. The molecule has 0 radical (unpaired) electrons. The molecule has 0 spiro atoms. The minimum Gasteiger partial charge on any atom is -0.265 e. The smallest absolute Gasteiger partial charge is 0.206 e. The number of rotatable bonds is 4. The average Bonchev–Trinajstić information content (AvgIpc) is 1.63. The SMILES string of the molecule is CCCC(C)C[N+](=O)[O-]. The molecule has 9 heavy (non-hydrogen) atoms. The van der Waals surface area contributed by atoms with Crippen LogP contribution in [0.5, 0.6) is 0 Å². The van der Waals surface area contributed by atoms with Gasteiger partial charge in [0.25, 0.3) is 0 Å². The number of hydrogen-bond acceptors (Lipinski definition) is 2. The third-order valence-corrected chi connectivity index (χ3v) is 1.24. The van der Waals surface area contributed by atoms with Crippen LogP contribution in [0.3, 0.4) is 0 Å². The summed E-state index contributed by atoms with van der Waals surface area (Å²) in [6, 6.07) is 0. The van der Waals surface area contributed by atoms with E-state index in [1.54, 1.807) is 0 Å². The van der Waals surface area contributed by atoms with Crippen molar-refractivity contribution in [2.75, 3.05) is 6.54 Å². The summed E-state index contributed by atoms with van der Waals surface area (Å²) in [6.07, 6.45) is 2.00. The summed E-state index contributed by atoms with van der Waals surface area (Å²) < 4.78 is 0. The zero-order chi connectivity index (χ0) is 7.28. The number of hydrogen-bond donors (Lipinski definition) is 0. The standard InChI is InChI=1S/C6H13NO2/c1-3-4-6(2)5-7(8)9/h6H,3-5H2,1-2H3. The molecule has 0 aliphatic rings. The number of nitrogens with zero attached hydrogens (tertiary/aromatic N) is 1. The molecule has 3 nitrogen and oxygen atoms in total. The Labute approximate surface area is 55.2 Å². The van der Waals surface area contributed by atoms with Gasteiger partial charge >= 0.3 is 0 Å². The van der Waals surface area contributed by atoms with Crippen LogP contribution in [-0.2, 0) is 0 Å². The van der Waals surface area contributed by atoms with Gasteiger partial charge in [0.15, 0.2) is 0 Å². The summed E-state index contributed by atoms with van der Waals surface area (Å²) in [5, 5.41) is 9.89. The molecule has 0 amide bonds. The molecular formula is C6H13NO2. The molecule has 0 bridgehead atoms. The highest BCUT2D eigenvalue weighted by Crippen LogP contribution is 2.03. The molecule has 0 aromatic rings. The van der Waals surface area contributed by atoms with Gasteiger partial charge in [-0.1, -0.05) is 20.3 Å². The molecule has 0 aromatic carbocycles. The maximum Gasteiger partial charge on any atom is 0.206 e. The lowest BCUT2D eigenvalue weighted by atomic mass is 10.1. The predicted octanol–water partition coefficient (Wildman–Crippen LogP) is 1.70. The van der Waals surface area contributed by atoms with E-state index in [4.69, 9.17) is 0 Å². The van der Waals surface area contributed by atoms with Gasteiger partial charge in [0.2, 0.25) is 6.54 Å². The van der Waals surface area contributed by atoms with E-state index in [1.165, 1.54) is 0 Å². The fourth-order valence-electron chi connectivity index (χ4n) is 0.839. The minimum absolute atomic E-state index is 0.119. The highest BCUT2D eigenvalue weighted by Gasteiger charge is 2.06. The fraction of sp³-hybridized carbons (Fsp3) is 1.00. The van der Waals surface area contributed by atoms with Crippen molar-refractivity contribution >= 4 is 0 Å². The van der Waals surface area contributed by atoms with Crippen LogP contribution in [0, 0.1) is 16.0 Å². The van der Waals surface area contributed by atoms with E-state index in [2.05, 4.69) is 0 Å². The summed E-state index contributed by atoms with van der Waals surface area (Å²) in [5.74, 6) is 0.241. The molecule has 1 unspecified atom stereocenters. The monoisotopic (exact) mass is 131 g/mol. The maximum absolute atomic E-state index is 9.89. The molecule has 0 N–H and O–H groups in total. The van der Waals surface area contributed by atoms with Gasteiger partial charge in [-0.15, -0.1) is 0 Å². The van der Waals surface area contributed by atoms with Crippen molar-refractivity contribution < 1.29 is 4.92 Å². The largest absolute Gasteiger partial charge is 0.265 e. The van der Waals surface area contributed by atoms with Crippen molar-refractivity contribution in [3.05, 3.63) is 10.1 Å². The molecule has 3 heteroatoms. The van der Waals surface area contributed by atoms with Crippen LogP contribution in [0.25, 0.3) is 0 Å². The van der Waals surface area contributed by atoms with Gasteiger partial charge in [-0.2, -0.15) is 0 Å². The molecule has 0 saturated heterocycles. The van der Waals surface area contributed by atoms with Crippen LogP contribution >= 0.6 is 0 Å². The van der Waals surface area contributed by atoms with E-state index in [9.17, 15) is 10.1 Å². The number of nitro groups is 1. The molecule has 0 aliphatic heterocycles. The van der Waals surface area contributed by atoms with Crippen LogP contribution in [-0.4, -0.2) is 11.5 Å². The second-order valence-electron chi connectivity index (χ2n) is 2.41. The van der Waals surface area contributed by atoms with Gasteiger partial charge < -0.3 is 0 Å². The lowest BCUT2D eigenvalue weighted by Gasteiger charge is -2.01. The second-order valence-corrected chi connectivity index (χ2v) is 2.41. The van der Waals surface area contributed by atoms with Crippen molar-refractivity contribution in [3.63, 3.8) is 0 Å². The highest BCUT2D eigenvalue weighted by atomic mass is 16.6. The molecule has 0 heterocycles. The quantitative estimate of drug-likeness (QED) is 0.430. The average molecular weight is 131 g/mol. The van der Waals surface area contributed by atoms with Crippen LogP contribution in [0.4, 0.5) is 0 Å². The van der Waals surface area contributed by atoms with Gasteiger partial charge in [-0.3, -0.25) is 10.1 Å². The highest BCUT2D eigenvalue weighted by molar-refractivity contribution is 4.47. The Balaban J connectivity index is 3.26. The summed E-state index contributed by atoms with van der Waals surface area (Å²) in [7, 11) is 0. The molecular weight excluding hydrogens is 118 g/mol. The first-order chi connectivity index (χ1) is 4.16. The third kappa shape index (κ3) is 5.27. The molecule has 0 saturated carbocycles. The minimum atomic E-state index is -0.250. The first-order valence-corrected chi connectivity index (χ1v) is 3.28. The summed E-state index contributed by atoms with van der Waals surface area (Å²) in [5.41, 5.74) is 0. The van der Waals surface area contributed by atoms with Gasteiger partial charge in [0, 0.05) is 10.8 Å². The Morgan fingerprint density at radius 3 is 2.56 bits per heavy atom. The van der Waals surface area contributed by atoms with Crippen molar-refractivity contribution in [3.8, 4) is 0 Å². The summed E-state index contributed by atoms with van der Waals surface area (Å²) in [6.45, 7) is 4.07. The predicted molar refractivity (Wildman–Crippen MR) is 35.9 cm³/mol. The molecule has 54 valence electrons.